The molecule has 0 atom stereocenters. The number of amides is 4. The summed E-state index contributed by atoms with van der Waals surface area (Å²) in [5.74, 6) is 0.797. The van der Waals surface area contributed by atoms with Crippen LogP contribution in [0, 0.1) is 18.8 Å². The Labute approximate surface area is 267 Å². The third-order valence-electron chi connectivity index (χ3n) is 8.66. The number of carbonyl (C=O) groups is 3. The molecule has 2 saturated heterocycles. The van der Waals surface area contributed by atoms with Gasteiger partial charge < -0.3 is 25.3 Å². The largest absolute Gasteiger partial charge is 0.343 e. The molecular weight excluding hydrogens is 585 g/mol. The number of nitrogens with zero attached hydrogens (tertiary/aromatic N) is 3. The van der Waals surface area contributed by atoms with Gasteiger partial charge >= 0.3 is 6.03 Å². The number of halogens is 2. The molecule has 4 amide bonds. The second kappa shape index (κ2) is 16.9. The molecule has 2 heterocycles. The van der Waals surface area contributed by atoms with Crippen LogP contribution in [0.25, 0.3) is 0 Å². The molecule has 0 unspecified atom stereocenters. The van der Waals surface area contributed by atoms with Crippen molar-refractivity contribution >= 4 is 53.2 Å². The minimum absolute atomic E-state index is 0. The van der Waals surface area contributed by atoms with E-state index in [2.05, 4.69) is 27.7 Å². The van der Waals surface area contributed by atoms with Crippen molar-refractivity contribution in [3.05, 3.63) is 58.6 Å². The first-order chi connectivity index (χ1) is 20.2. The van der Waals surface area contributed by atoms with Gasteiger partial charge in [-0.25, -0.2) is 4.79 Å². The van der Waals surface area contributed by atoms with Crippen molar-refractivity contribution in [3.63, 3.8) is 0 Å². The third-order valence-corrected chi connectivity index (χ3v) is 9.07. The van der Waals surface area contributed by atoms with Crippen LogP contribution in [-0.4, -0.2) is 73.5 Å². The number of carbonyl (C=O) groups excluding carboxylic acids is 3. The molecule has 43 heavy (non-hydrogen) atoms. The first-order valence-electron chi connectivity index (χ1n) is 15.4. The summed E-state index contributed by atoms with van der Waals surface area (Å²) in [6.07, 6.45) is 5.67. The van der Waals surface area contributed by atoms with E-state index in [0.29, 0.717) is 50.0 Å². The second-order valence-electron chi connectivity index (χ2n) is 11.7. The van der Waals surface area contributed by atoms with Crippen LogP contribution in [0.4, 0.5) is 16.2 Å². The van der Waals surface area contributed by atoms with Gasteiger partial charge in [-0.05, 0) is 113 Å². The van der Waals surface area contributed by atoms with Crippen molar-refractivity contribution in [1.29, 1.82) is 0 Å². The molecule has 0 radical (unpaired) electrons. The van der Waals surface area contributed by atoms with Crippen molar-refractivity contribution < 1.29 is 14.4 Å². The lowest BCUT2D eigenvalue weighted by Crippen LogP contribution is -2.45. The molecule has 8 nitrogen and oxygen atoms in total. The Morgan fingerprint density at radius 3 is 2.26 bits per heavy atom. The number of hydrogen-bond acceptors (Lipinski definition) is 4. The van der Waals surface area contributed by atoms with Gasteiger partial charge in [-0.2, -0.15) is 0 Å². The van der Waals surface area contributed by atoms with Gasteiger partial charge in [-0.1, -0.05) is 29.8 Å². The van der Waals surface area contributed by atoms with Gasteiger partial charge in [-0.3, -0.25) is 9.59 Å². The average molecular weight is 633 g/mol. The Bertz CT molecular complexity index is 1210. The monoisotopic (exact) mass is 631 g/mol. The number of aryl methyl sites for hydroxylation is 1. The van der Waals surface area contributed by atoms with E-state index in [9.17, 15) is 14.4 Å². The van der Waals surface area contributed by atoms with Crippen molar-refractivity contribution in [2.75, 3.05) is 56.0 Å². The summed E-state index contributed by atoms with van der Waals surface area (Å²) < 4.78 is 0. The second-order valence-corrected chi connectivity index (χ2v) is 12.1. The smallest absolute Gasteiger partial charge is 0.319 e. The van der Waals surface area contributed by atoms with Gasteiger partial charge in [0.2, 0.25) is 11.8 Å². The normalized spacial score (nSPS) is 16.3. The molecule has 0 bridgehead atoms. The van der Waals surface area contributed by atoms with Crippen LogP contribution in [-0.2, 0) is 16.0 Å². The van der Waals surface area contributed by atoms with E-state index in [4.69, 9.17) is 11.6 Å². The van der Waals surface area contributed by atoms with Crippen LogP contribution in [0.5, 0.6) is 0 Å². The lowest BCUT2D eigenvalue weighted by atomic mass is 9.90. The molecule has 2 N–H and O–H groups in total. The molecule has 0 aromatic heterocycles. The maximum Gasteiger partial charge on any atom is 0.319 e. The molecule has 0 saturated carbocycles. The highest BCUT2D eigenvalue weighted by Crippen LogP contribution is 2.28. The van der Waals surface area contributed by atoms with Gasteiger partial charge in [0.25, 0.3) is 0 Å². The highest BCUT2D eigenvalue weighted by Gasteiger charge is 2.30. The Morgan fingerprint density at radius 2 is 1.65 bits per heavy atom. The number of anilines is 2. The highest BCUT2D eigenvalue weighted by atomic mass is 35.5. The number of hydrogen-bond donors (Lipinski definition) is 2. The van der Waals surface area contributed by atoms with E-state index in [0.717, 1.165) is 62.3 Å². The van der Waals surface area contributed by atoms with Gasteiger partial charge in [0, 0.05) is 55.4 Å². The van der Waals surface area contributed by atoms with Gasteiger partial charge in [0.1, 0.15) is 0 Å². The van der Waals surface area contributed by atoms with Crippen LogP contribution in [0.15, 0.2) is 42.5 Å². The summed E-state index contributed by atoms with van der Waals surface area (Å²) in [6, 6.07) is 13.9. The standard InChI is InChI=1S/C33H46ClN5O3.ClH/c1-4-35-33(42)36-29-9-7-26(8-10-29)22-27-12-18-37(19-13-27)16-5-17-39(30-11-6-24(2)31(34)23-30)32(41)28-14-20-38(21-15-28)25(3)40;/h6-11,23,27-28H,4-5,12-22H2,1-3H3,(H2,35,36,42);1H. The molecule has 10 heteroatoms. The predicted molar refractivity (Wildman–Crippen MR) is 177 cm³/mol. The summed E-state index contributed by atoms with van der Waals surface area (Å²) in [4.78, 5) is 43.5. The SMILES string of the molecule is CCNC(=O)Nc1ccc(CC2CCN(CCCN(C(=O)C3CCN(C(C)=O)CC3)c3ccc(C)c(Cl)c3)CC2)cc1.Cl. The van der Waals surface area contributed by atoms with E-state index in [1.807, 2.05) is 54.0 Å². The average Bonchev–Trinajstić information content (AvgIpc) is 2.98. The number of likely N-dealkylation sites (tertiary alicyclic amines) is 2. The minimum Gasteiger partial charge on any atom is -0.343 e. The van der Waals surface area contributed by atoms with Crippen LogP contribution in [0.3, 0.4) is 0 Å². The number of nitrogens with one attached hydrogen (secondary N) is 2. The van der Waals surface area contributed by atoms with E-state index < -0.39 is 0 Å². The Balaban J connectivity index is 0.00000506. The number of rotatable bonds is 10. The lowest BCUT2D eigenvalue weighted by molar-refractivity contribution is -0.133. The van der Waals surface area contributed by atoms with Crippen molar-refractivity contribution in [2.45, 2.75) is 59.3 Å². The van der Waals surface area contributed by atoms with E-state index in [-0.39, 0.29) is 36.2 Å². The summed E-state index contributed by atoms with van der Waals surface area (Å²) in [5.41, 5.74) is 3.96. The van der Waals surface area contributed by atoms with Gasteiger partial charge in [-0.15, -0.1) is 12.4 Å². The van der Waals surface area contributed by atoms with Crippen LogP contribution in [0.1, 0.15) is 57.1 Å². The first kappa shape index (κ1) is 34.7. The number of benzene rings is 2. The van der Waals surface area contributed by atoms with Crippen LogP contribution in [0.2, 0.25) is 5.02 Å². The minimum atomic E-state index is -0.178. The fraction of sp³-hybridized carbons (Fsp3) is 0.545. The fourth-order valence-electron chi connectivity index (χ4n) is 6.04. The molecule has 4 rings (SSSR count). The third kappa shape index (κ3) is 10.1. The molecular formula is C33H47Cl2N5O3. The van der Waals surface area contributed by atoms with Crippen molar-refractivity contribution in [2.24, 2.45) is 11.8 Å². The molecule has 2 fully saturated rings. The van der Waals surface area contributed by atoms with E-state index in [1.54, 1.807) is 6.92 Å². The summed E-state index contributed by atoms with van der Waals surface area (Å²) in [5, 5.41) is 6.27. The van der Waals surface area contributed by atoms with Crippen molar-refractivity contribution in [3.8, 4) is 0 Å². The summed E-state index contributed by atoms with van der Waals surface area (Å²) in [7, 11) is 0. The summed E-state index contributed by atoms with van der Waals surface area (Å²) in [6.45, 7) is 11.1. The molecule has 2 aromatic rings. The molecule has 2 aromatic carbocycles. The summed E-state index contributed by atoms with van der Waals surface area (Å²) >= 11 is 6.46. The molecule has 2 aliphatic heterocycles. The van der Waals surface area contributed by atoms with E-state index in [1.165, 1.54) is 5.56 Å². The Morgan fingerprint density at radius 1 is 0.977 bits per heavy atom. The highest BCUT2D eigenvalue weighted by molar-refractivity contribution is 6.31. The quantitative estimate of drug-likeness (QED) is 0.329. The fourth-order valence-corrected chi connectivity index (χ4v) is 6.21. The Hall–Kier alpha value is -2.81. The topological polar surface area (TPSA) is 85.0 Å². The van der Waals surface area contributed by atoms with Crippen molar-refractivity contribution in [1.82, 2.24) is 15.1 Å². The van der Waals surface area contributed by atoms with Gasteiger partial charge in [0.15, 0.2) is 0 Å². The lowest BCUT2D eigenvalue weighted by Gasteiger charge is -2.35. The molecule has 2 aliphatic rings. The van der Waals surface area contributed by atoms with Crippen LogP contribution >= 0.6 is 24.0 Å². The maximum absolute atomic E-state index is 13.7. The van der Waals surface area contributed by atoms with Gasteiger partial charge in [0.05, 0.1) is 0 Å². The molecule has 0 aliphatic carbocycles. The molecule has 236 valence electrons. The Kier molecular flexibility index (Phi) is 13.6. The van der Waals surface area contributed by atoms with Crippen LogP contribution < -0.4 is 15.5 Å². The maximum atomic E-state index is 13.7. The zero-order valence-corrected chi connectivity index (χ0v) is 27.3. The predicted octanol–water partition coefficient (Wildman–Crippen LogP) is 6.15. The zero-order chi connectivity index (χ0) is 30.1. The number of piperidine rings is 2. The zero-order valence-electron chi connectivity index (χ0n) is 25.7. The van der Waals surface area contributed by atoms with E-state index >= 15 is 0 Å². The molecule has 0 spiro atoms. The first-order valence-corrected chi connectivity index (χ1v) is 15.8. The number of urea groups is 1.